The quantitative estimate of drug-likeness (QED) is 0.355. The number of ether oxygens (including phenoxy) is 1. The number of amides is 1. The fourth-order valence-corrected chi connectivity index (χ4v) is 6.49. The van der Waals surface area contributed by atoms with Crippen molar-refractivity contribution in [3.63, 3.8) is 0 Å². The van der Waals surface area contributed by atoms with Crippen LogP contribution in [-0.2, 0) is 11.3 Å². The highest BCUT2D eigenvalue weighted by Crippen LogP contribution is 2.36. The van der Waals surface area contributed by atoms with E-state index in [0.717, 1.165) is 34.5 Å². The van der Waals surface area contributed by atoms with Crippen molar-refractivity contribution in [3.05, 3.63) is 66.5 Å². The average Bonchev–Trinajstić information content (AvgIpc) is 3.43. The third-order valence-electron chi connectivity index (χ3n) is 6.77. The molecule has 0 unspecified atom stereocenters. The van der Waals surface area contributed by atoms with E-state index in [-0.39, 0.29) is 11.9 Å². The zero-order valence-electron chi connectivity index (χ0n) is 19.3. The number of fused-ring (bicyclic) bond motifs is 1. The molecule has 1 aliphatic carbocycles. The molecule has 184 valence electrons. The van der Waals surface area contributed by atoms with Crippen molar-refractivity contribution in [2.24, 2.45) is 5.92 Å². The number of thiophene rings is 1. The molecule has 1 aromatic carbocycles. The maximum Gasteiger partial charge on any atom is 0.272 e. The average molecular weight is 551 g/mol. The summed E-state index contributed by atoms with van der Waals surface area (Å²) in [7, 11) is 0. The van der Waals surface area contributed by atoms with Crippen LogP contribution in [-0.4, -0.2) is 28.3 Å². The Labute approximate surface area is 224 Å². The summed E-state index contributed by atoms with van der Waals surface area (Å²) in [5.41, 5.74) is 3.50. The van der Waals surface area contributed by atoms with Gasteiger partial charge in [-0.2, -0.15) is 5.10 Å². The molecule has 0 radical (unpaired) electrons. The second-order valence-electron chi connectivity index (χ2n) is 9.15. The standard InChI is InChI=1S/C26H26Cl3N3O2S/c1-15(16-5-3-2-4-6-16)30-26(33)24-20-14-34-13-17(11-19-8-10-23(29)35-19)25(20)32(31-24)22-9-7-18(27)12-21(22)28/h7-12,15-16H,2-6,13-14H2,1H3,(H,30,33)/t15-/m0/s1. The summed E-state index contributed by atoms with van der Waals surface area (Å²) in [5, 5.41) is 8.98. The lowest BCUT2D eigenvalue weighted by Gasteiger charge is -2.28. The highest BCUT2D eigenvalue weighted by Gasteiger charge is 2.31. The van der Waals surface area contributed by atoms with E-state index in [1.165, 1.54) is 30.6 Å². The number of carbonyl (C=O) groups is 1. The van der Waals surface area contributed by atoms with Gasteiger partial charge in [0.25, 0.3) is 5.91 Å². The summed E-state index contributed by atoms with van der Waals surface area (Å²) >= 11 is 20.4. The van der Waals surface area contributed by atoms with Crippen LogP contribution in [0.3, 0.4) is 0 Å². The summed E-state index contributed by atoms with van der Waals surface area (Å²) in [6, 6.07) is 9.17. The first kappa shape index (κ1) is 24.8. The van der Waals surface area contributed by atoms with E-state index < -0.39 is 0 Å². The van der Waals surface area contributed by atoms with Crippen molar-refractivity contribution in [3.8, 4) is 5.69 Å². The first-order valence-electron chi connectivity index (χ1n) is 11.8. The zero-order valence-corrected chi connectivity index (χ0v) is 22.4. The molecule has 1 fully saturated rings. The molecule has 0 spiro atoms. The van der Waals surface area contributed by atoms with Gasteiger partial charge in [-0.25, -0.2) is 4.68 Å². The van der Waals surface area contributed by atoms with Gasteiger partial charge >= 0.3 is 0 Å². The number of nitrogens with zero attached hydrogens (tertiary/aromatic N) is 2. The number of hydrogen-bond donors (Lipinski definition) is 1. The molecule has 5 nitrogen and oxygen atoms in total. The minimum atomic E-state index is -0.188. The van der Waals surface area contributed by atoms with Crippen molar-refractivity contribution in [2.75, 3.05) is 6.61 Å². The maximum absolute atomic E-state index is 13.5. The van der Waals surface area contributed by atoms with Crippen molar-refractivity contribution < 1.29 is 9.53 Å². The minimum absolute atomic E-state index is 0.0792. The lowest BCUT2D eigenvalue weighted by molar-refractivity contribution is 0.0906. The Morgan fingerprint density at radius 1 is 1.17 bits per heavy atom. The van der Waals surface area contributed by atoms with Crippen molar-refractivity contribution in [2.45, 2.75) is 51.7 Å². The van der Waals surface area contributed by atoms with E-state index in [4.69, 9.17) is 44.6 Å². The molecule has 1 amide bonds. The van der Waals surface area contributed by atoms with Gasteiger partial charge in [-0.3, -0.25) is 4.79 Å². The van der Waals surface area contributed by atoms with Gasteiger partial charge in [0, 0.05) is 27.1 Å². The maximum atomic E-state index is 13.5. The zero-order chi connectivity index (χ0) is 24.5. The second kappa shape index (κ2) is 10.7. The van der Waals surface area contributed by atoms with Gasteiger partial charge in [0.1, 0.15) is 0 Å². The van der Waals surface area contributed by atoms with Crippen LogP contribution in [0.2, 0.25) is 14.4 Å². The van der Waals surface area contributed by atoms with Crippen LogP contribution >= 0.6 is 46.1 Å². The predicted molar refractivity (Wildman–Crippen MR) is 144 cm³/mol. The predicted octanol–water partition coefficient (Wildman–Crippen LogP) is 7.66. The third-order valence-corrected chi connectivity index (χ3v) is 8.49. The van der Waals surface area contributed by atoms with Crippen LogP contribution in [0.25, 0.3) is 17.3 Å². The fourth-order valence-electron chi connectivity index (χ4n) is 4.97. The summed E-state index contributed by atoms with van der Waals surface area (Å²) in [5.74, 6) is 0.304. The minimum Gasteiger partial charge on any atom is -0.372 e. The van der Waals surface area contributed by atoms with Crippen LogP contribution in [0.4, 0.5) is 0 Å². The molecular formula is C26H26Cl3N3O2S. The Morgan fingerprint density at radius 2 is 1.97 bits per heavy atom. The number of hydrogen-bond acceptors (Lipinski definition) is 4. The summed E-state index contributed by atoms with van der Waals surface area (Å²) < 4.78 is 8.37. The molecule has 5 rings (SSSR count). The van der Waals surface area contributed by atoms with Gasteiger partial charge in [-0.1, -0.05) is 54.1 Å². The third kappa shape index (κ3) is 5.32. The molecule has 35 heavy (non-hydrogen) atoms. The summed E-state index contributed by atoms with van der Waals surface area (Å²) in [6.45, 7) is 2.78. The highest BCUT2D eigenvalue weighted by atomic mass is 35.5. The van der Waals surface area contributed by atoms with Gasteiger partial charge in [-0.05, 0) is 62.1 Å². The van der Waals surface area contributed by atoms with Gasteiger partial charge < -0.3 is 10.1 Å². The van der Waals surface area contributed by atoms with Gasteiger partial charge in [0.15, 0.2) is 5.69 Å². The fraction of sp³-hybridized carbons (Fsp3) is 0.385. The number of carbonyl (C=O) groups excluding carboxylic acids is 1. The number of benzene rings is 1. The van der Waals surface area contributed by atoms with Crippen molar-refractivity contribution in [1.29, 1.82) is 0 Å². The molecule has 1 N–H and O–H groups in total. The van der Waals surface area contributed by atoms with Crippen LogP contribution < -0.4 is 5.32 Å². The SMILES string of the molecule is C[C@H](NC(=O)c1nn(-c2ccc(Cl)cc2Cl)c2c1COCC2=Cc1ccc(Cl)s1)C1CCCCC1. The van der Waals surface area contributed by atoms with Gasteiger partial charge in [0.05, 0.1) is 34.0 Å². The van der Waals surface area contributed by atoms with Crippen LogP contribution in [0.5, 0.6) is 0 Å². The van der Waals surface area contributed by atoms with E-state index >= 15 is 0 Å². The van der Waals surface area contributed by atoms with Crippen molar-refractivity contribution in [1.82, 2.24) is 15.1 Å². The number of halogens is 3. The Hall–Kier alpha value is -1.83. The van der Waals surface area contributed by atoms with Crippen LogP contribution in [0.15, 0.2) is 30.3 Å². The molecule has 1 atom stereocenters. The van der Waals surface area contributed by atoms with Gasteiger partial charge in [-0.15, -0.1) is 11.3 Å². The Balaban J connectivity index is 1.57. The molecule has 3 aromatic rings. The molecule has 1 aliphatic heterocycles. The van der Waals surface area contributed by atoms with E-state index in [0.29, 0.717) is 44.9 Å². The first-order chi connectivity index (χ1) is 16.9. The molecule has 2 aromatic heterocycles. The second-order valence-corrected chi connectivity index (χ2v) is 11.7. The molecule has 2 aliphatic rings. The van der Waals surface area contributed by atoms with Gasteiger partial charge in [0.2, 0.25) is 0 Å². The Morgan fingerprint density at radius 3 is 2.69 bits per heavy atom. The topological polar surface area (TPSA) is 56.2 Å². The summed E-state index contributed by atoms with van der Waals surface area (Å²) in [6.07, 6.45) is 8.04. The lowest BCUT2D eigenvalue weighted by Crippen LogP contribution is -2.39. The van der Waals surface area contributed by atoms with E-state index in [2.05, 4.69) is 12.2 Å². The number of nitrogens with one attached hydrogen (secondary N) is 1. The van der Waals surface area contributed by atoms with E-state index in [1.807, 2.05) is 24.3 Å². The molecule has 0 bridgehead atoms. The first-order valence-corrected chi connectivity index (χ1v) is 13.8. The number of aromatic nitrogens is 2. The normalized spacial score (nSPS) is 18.5. The van der Waals surface area contributed by atoms with E-state index in [1.54, 1.807) is 16.8 Å². The Bertz CT molecular complexity index is 1280. The highest BCUT2D eigenvalue weighted by molar-refractivity contribution is 7.17. The Kier molecular flexibility index (Phi) is 7.56. The smallest absolute Gasteiger partial charge is 0.272 e. The molecule has 3 heterocycles. The van der Waals surface area contributed by atoms with Crippen LogP contribution in [0.1, 0.15) is 65.7 Å². The molecular weight excluding hydrogens is 525 g/mol. The van der Waals surface area contributed by atoms with Crippen molar-refractivity contribution >= 4 is 63.7 Å². The number of rotatable bonds is 5. The van der Waals surface area contributed by atoms with Crippen LogP contribution in [0, 0.1) is 5.92 Å². The lowest BCUT2D eigenvalue weighted by atomic mass is 9.84. The molecule has 9 heteroatoms. The van der Waals surface area contributed by atoms with E-state index in [9.17, 15) is 4.79 Å². The molecule has 1 saturated carbocycles. The monoisotopic (exact) mass is 549 g/mol. The molecule has 0 saturated heterocycles. The largest absolute Gasteiger partial charge is 0.372 e. The summed E-state index contributed by atoms with van der Waals surface area (Å²) in [4.78, 5) is 14.5.